The third kappa shape index (κ3) is 4.83. The maximum atomic E-state index is 11.9. The average Bonchev–Trinajstić information content (AvgIpc) is 2.44. The second-order valence-electron chi connectivity index (χ2n) is 6.36. The summed E-state index contributed by atoms with van der Waals surface area (Å²) in [5, 5.41) is 0. The van der Waals surface area contributed by atoms with Gasteiger partial charge in [0, 0.05) is 11.8 Å². The van der Waals surface area contributed by atoms with Crippen LogP contribution in [0.2, 0.25) is 0 Å². The van der Waals surface area contributed by atoms with Crippen LogP contribution in [0.4, 0.5) is 4.79 Å². The summed E-state index contributed by atoms with van der Waals surface area (Å²) in [4.78, 5) is 12.0. The molecule has 0 N–H and O–H groups in total. The zero-order chi connectivity index (χ0) is 18.0. The molecule has 0 aromatic heterocycles. The molecule has 0 aliphatic carbocycles. The number of sulfone groups is 1. The standard InChI is InChI=1S/C18H20O5S/c1-18(2,3)23-17(19)22-14-9-7-8-13(12-14)15-10-5-6-11-16(15)24(4,20)21/h5-12H,1-4H3. The quantitative estimate of drug-likeness (QED) is 0.618. The molecule has 0 bridgehead atoms. The predicted octanol–water partition coefficient (Wildman–Crippen LogP) is 4.07. The summed E-state index contributed by atoms with van der Waals surface area (Å²) >= 11 is 0. The molecule has 2 rings (SSSR count). The molecule has 0 fully saturated rings. The molecule has 0 heterocycles. The Bertz CT molecular complexity index is 848. The molecule has 24 heavy (non-hydrogen) atoms. The molecular weight excluding hydrogens is 328 g/mol. The summed E-state index contributed by atoms with van der Waals surface area (Å²) < 4.78 is 34.2. The third-order valence-corrected chi connectivity index (χ3v) is 4.18. The van der Waals surface area contributed by atoms with E-state index in [0.29, 0.717) is 11.1 Å². The number of hydrogen-bond acceptors (Lipinski definition) is 5. The predicted molar refractivity (Wildman–Crippen MR) is 91.8 cm³/mol. The van der Waals surface area contributed by atoms with E-state index >= 15 is 0 Å². The summed E-state index contributed by atoms with van der Waals surface area (Å²) in [5.41, 5.74) is 0.532. The van der Waals surface area contributed by atoms with Crippen molar-refractivity contribution >= 4 is 16.0 Å². The van der Waals surface area contributed by atoms with E-state index in [0.717, 1.165) is 6.26 Å². The van der Waals surface area contributed by atoms with Crippen LogP contribution < -0.4 is 4.74 Å². The van der Waals surface area contributed by atoms with E-state index in [9.17, 15) is 13.2 Å². The first-order chi connectivity index (χ1) is 11.1. The molecule has 2 aromatic rings. The monoisotopic (exact) mass is 348 g/mol. The second-order valence-corrected chi connectivity index (χ2v) is 8.35. The van der Waals surface area contributed by atoms with E-state index in [4.69, 9.17) is 9.47 Å². The Morgan fingerprint density at radius 3 is 2.29 bits per heavy atom. The van der Waals surface area contributed by atoms with Crippen molar-refractivity contribution in [3.05, 3.63) is 48.5 Å². The minimum Gasteiger partial charge on any atom is -0.428 e. The summed E-state index contributed by atoms with van der Waals surface area (Å²) in [5.74, 6) is 0.282. The lowest BCUT2D eigenvalue weighted by atomic mass is 10.1. The van der Waals surface area contributed by atoms with E-state index in [1.807, 2.05) is 0 Å². The molecule has 0 aliphatic heterocycles. The lowest BCUT2D eigenvalue weighted by molar-refractivity contribution is 0.0206. The molecule has 0 atom stereocenters. The lowest BCUT2D eigenvalue weighted by Gasteiger charge is -2.18. The lowest BCUT2D eigenvalue weighted by Crippen LogP contribution is -2.25. The Kier molecular flexibility index (Phi) is 4.99. The van der Waals surface area contributed by atoms with Gasteiger partial charge in [-0.15, -0.1) is 0 Å². The first kappa shape index (κ1) is 18.0. The molecule has 128 valence electrons. The van der Waals surface area contributed by atoms with Gasteiger partial charge in [0.25, 0.3) is 0 Å². The van der Waals surface area contributed by atoms with Crippen molar-refractivity contribution < 1.29 is 22.7 Å². The van der Waals surface area contributed by atoms with Gasteiger partial charge in [-0.05, 0) is 44.5 Å². The van der Waals surface area contributed by atoms with E-state index in [1.165, 1.54) is 0 Å². The fourth-order valence-electron chi connectivity index (χ4n) is 2.12. The number of rotatable bonds is 3. The highest BCUT2D eigenvalue weighted by Crippen LogP contribution is 2.29. The highest BCUT2D eigenvalue weighted by atomic mass is 32.2. The molecule has 6 heteroatoms. The van der Waals surface area contributed by atoms with Gasteiger partial charge in [0.1, 0.15) is 11.4 Å². The Hall–Kier alpha value is -2.34. The molecule has 0 saturated heterocycles. The number of carbonyl (C=O) groups excluding carboxylic acids is 1. The zero-order valence-electron chi connectivity index (χ0n) is 14.1. The minimum atomic E-state index is -3.37. The smallest absolute Gasteiger partial charge is 0.428 e. The van der Waals surface area contributed by atoms with Crippen LogP contribution in [0.5, 0.6) is 5.75 Å². The van der Waals surface area contributed by atoms with Gasteiger partial charge >= 0.3 is 6.16 Å². The fraction of sp³-hybridized carbons (Fsp3) is 0.278. The van der Waals surface area contributed by atoms with Crippen LogP contribution >= 0.6 is 0 Å². The van der Waals surface area contributed by atoms with Gasteiger partial charge in [0.2, 0.25) is 0 Å². The molecular formula is C18H20O5S. The SMILES string of the molecule is CC(C)(C)OC(=O)Oc1cccc(-c2ccccc2S(C)(=O)=O)c1. The van der Waals surface area contributed by atoms with Gasteiger partial charge in [0.15, 0.2) is 9.84 Å². The zero-order valence-corrected chi connectivity index (χ0v) is 14.9. The van der Waals surface area contributed by atoms with Crippen molar-refractivity contribution in [3.63, 3.8) is 0 Å². The van der Waals surface area contributed by atoms with Gasteiger partial charge in [-0.3, -0.25) is 0 Å². The first-order valence-electron chi connectivity index (χ1n) is 7.37. The topological polar surface area (TPSA) is 69.7 Å². The Morgan fingerprint density at radius 2 is 1.67 bits per heavy atom. The van der Waals surface area contributed by atoms with E-state index in [-0.39, 0.29) is 10.6 Å². The Labute approximate surface area is 142 Å². The molecule has 5 nitrogen and oxygen atoms in total. The summed E-state index contributed by atoms with van der Waals surface area (Å²) in [6.45, 7) is 5.23. The van der Waals surface area contributed by atoms with Gasteiger partial charge < -0.3 is 9.47 Å². The van der Waals surface area contributed by atoms with Crippen LogP contribution in [-0.2, 0) is 14.6 Å². The van der Waals surface area contributed by atoms with Crippen LogP contribution in [0.1, 0.15) is 20.8 Å². The van der Waals surface area contributed by atoms with E-state index < -0.39 is 21.6 Å². The van der Waals surface area contributed by atoms with Gasteiger partial charge in [-0.25, -0.2) is 13.2 Å². The summed E-state index contributed by atoms with van der Waals surface area (Å²) in [6.07, 6.45) is 0.350. The van der Waals surface area contributed by atoms with Crippen LogP contribution in [-0.4, -0.2) is 26.4 Å². The van der Waals surface area contributed by atoms with Crippen molar-refractivity contribution in [3.8, 4) is 16.9 Å². The van der Waals surface area contributed by atoms with E-state index in [1.54, 1.807) is 69.3 Å². The largest absolute Gasteiger partial charge is 0.514 e. The number of benzene rings is 2. The number of carbonyl (C=O) groups is 1. The maximum absolute atomic E-state index is 11.9. The minimum absolute atomic E-state index is 0.222. The normalized spacial score (nSPS) is 11.8. The maximum Gasteiger partial charge on any atom is 0.514 e. The van der Waals surface area contributed by atoms with E-state index in [2.05, 4.69) is 0 Å². The second kappa shape index (κ2) is 6.65. The van der Waals surface area contributed by atoms with Crippen molar-refractivity contribution in [2.75, 3.05) is 6.26 Å². The van der Waals surface area contributed by atoms with Gasteiger partial charge in [-0.2, -0.15) is 0 Å². The van der Waals surface area contributed by atoms with Crippen molar-refractivity contribution in [2.24, 2.45) is 0 Å². The summed E-state index contributed by atoms with van der Waals surface area (Å²) in [6, 6.07) is 13.3. The number of hydrogen-bond donors (Lipinski definition) is 0. The molecule has 0 radical (unpaired) electrons. The molecule has 0 aliphatic rings. The Morgan fingerprint density at radius 1 is 1.00 bits per heavy atom. The van der Waals surface area contributed by atoms with Crippen LogP contribution in [0.3, 0.4) is 0 Å². The number of ether oxygens (including phenoxy) is 2. The van der Waals surface area contributed by atoms with Gasteiger partial charge in [0.05, 0.1) is 4.90 Å². The fourth-order valence-corrected chi connectivity index (χ4v) is 3.03. The molecule has 0 spiro atoms. The van der Waals surface area contributed by atoms with Crippen molar-refractivity contribution in [1.29, 1.82) is 0 Å². The average molecular weight is 348 g/mol. The molecule has 0 amide bonds. The van der Waals surface area contributed by atoms with Gasteiger partial charge in [-0.1, -0.05) is 30.3 Å². The third-order valence-electron chi connectivity index (χ3n) is 3.02. The van der Waals surface area contributed by atoms with Crippen LogP contribution in [0, 0.1) is 0 Å². The summed E-state index contributed by atoms with van der Waals surface area (Å²) in [7, 11) is -3.37. The highest BCUT2D eigenvalue weighted by Gasteiger charge is 2.19. The highest BCUT2D eigenvalue weighted by molar-refractivity contribution is 7.90. The first-order valence-corrected chi connectivity index (χ1v) is 9.26. The Balaban J connectivity index is 2.34. The molecule has 0 unspecified atom stereocenters. The van der Waals surface area contributed by atoms with Crippen LogP contribution in [0.15, 0.2) is 53.4 Å². The van der Waals surface area contributed by atoms with Crippen molar-refractivity contribution in [1.82, 2.24) is 0 Å². The molecule has 2 aromatic carbocycles. The molecule has 0 saturated carbocycles. The van der Waals surface area contributed by atoms with Crippen molar-refractivity contribution in [2.45, 2.75) is 31.3 Å². The van der Waals surface area contributed by atoms with Crippen LogP contribution in [0.25, 0.3) is 11.1 Å².